The summed E-state index contributed by atoms with van der Waals surface area (Å²) >= 11 is 11.8. The number of anilines is 1. The van der Waals surface area contributed by atoms with Gasteiger partial charge in [0.25, 0.3) is 0 Å². The lowest BCUT2D eigenvalue weighted by Gasteiger charge is -2.29. The molecule has 32 heavy (non-hydrogen) atoms. The average molecular weight is 464 g/mol. The molecule has 2 unspecified atom stereocenters. The van der Waals surface area contributed by atoms with Crippen molar-refractivity contribution in [3.8, 4) is 5.82 Å². The van der Waals surface area contributed by atoms with Crippen molar-refractivity contribution in [2.75, 3.05) is 4.90 Å². The maximum Gasteiger partial charge on any atom is 0.174 e. The van der Waals surface area contributed by atoms with Gasteiger partial charge in [-0.15, -0.1) is 0 Å². The van der Waals surface area contributed by atoms with Gasteiger partial charge in [0.05, 0.1) is 16.8 Å². The van der Waals surface area contributed by atoms with Gasteiger partial charge in [-0.1, -0.05) is 17.7 Å². The third-order valence-electron chi connectivity index (χ3n) is 5.56. The third-order valence-corrected chi connectivity index (χ3v) is 6.10. The molecule has 160 valence electrons. The summed E-state index contributed by atoms with van der Waals surface area (Å²) in [5, 5.41) is 4.55. The summed E-state index contributed by atoms with van der Waals surface area (Å²) in [7, 11) is 0. The molecule has 2 atom stereocenters. The Morgan fingerprint density at radius 3 is 2.66 bits per heavy atom. The number of thiocarbonyl (C=S) groups is 1. The summed E-state index contributed by atoms with van der Waals surface area (Å²) in [5.74, 6) is 0.487. The van der Waals surface area contributed by atoms with Gasteiger partial charge in [0, 0.05) is 30.0 Å². The minimum Gasteiger partial charge on any atom is -0.351 e. The van der Waals surface area contributed by atoms with Crippen molar-refractivity contribution >= 4 is 34.6 Å². The number of halogens is 2. The minimum absolute atomic E-state index is 0.213. The highest BCUT2D eigenvalue weighted by atomic mass is 35.5. The highest BCUT2D eigenvalue weighted by Crippen LogP contribution is 2.42. The second kappa shape index (κ2) is 8.33. The third kappa shape index (κ3) is 3.63. The molecular formula is C24H19ClFN5S. The Balaban J connectivity index is 1.67. The van der Waals surface area contributed by atoms with E-state index in [4.69, 9.17) is 23.8 Å². The summed E-state index contributed by atoms with van der Waals surface area (Å²) in [6, 6.07) is 18.1. The smallest absolute Gasteiger partial charge is 0.174 e. The van der Waals surface area contributed by atoms with Crippen molar-refractivity contribution in [1.29, 1.82) is 0 Å². The molecule has 0 radical (unpaired) electrons. The average Bonchev–Trinajstić information content (AvgIpc) is 3.41. The Morgan fingerprint density at radius 2 is 1.94 bits per heavy atom. The largest absolute Gasteiger partial charge is 0.351 e. The van der Waals surface area contributed by atoms with Crippen molar-refractivity contribution < 1.29 is 4.39 Å². The van der Waals surface area contributed by atoms with Gasteiger partial charge in [0.2, 0.25) is 0 Å². The fraction of sp³-hybridized carbons (Fsp3) is 0.125. The van der Waals surface area contributed by atoms with Crippen LogP contribution in [0.5, 0.6) is 0 Å². The van der Waals surface area contributed by atoms with Crippen molar-refractivity contribution in [3.63, 3.8) is 0 Å². The molecule has 0 saturated carbocycles. The zero-order valence-electron chi connectivity index (χ0n) is 17.1. The Morgan fingerprint density at radius 1 is 1.06 bits per heavy atom. The van der Waals surface area contributed by atoms with E-state index < -0.39 is 0 Å². The van der Waals surface area contributed by atoms with E-state index in [0.717, 1.165) is 22.9 Å². The van der Waals surface area contributed by atoms with Crippen LogP contribution in [0.4, 0.5) is 10.1 Å². The molecule has 1 N–H and O–H groups in total. The monoisotopic (exact) mass is 463 g/mol. The van der Waals surface area contributed by atoms with E-state index in [0.29, 0.717) is 15.7 Å². The maximum atomic E-state index is 14.0. The highest BCUT2D eigenvalue weighted by Gasteiger charge is 2.42. The van der Waals surface area contributed by atoms with E-state index in [2.05, 4.69) is 15.3 Å². The molecular weight excluding hydrogens is 445 g/mol. The van der Waals surface area contributed by atoms with Crippen LogP contribution in [0.1, 0.15) is 29.0 Å². The molecule has 0 bridgehead atoms. The Hall–Kier alpha value is -3.29. The summed E-state index contributed by atoms with van der Waals surface area (Å²) in [4.78, 5) is 11.1. The van der Waals surface area contributed by atoms with E-state index >= 15 is 0 Å². The second-order valence-electron chi connectivity index (χ2n) is 7.57. The van der Waals surface area contributed by atoms with Crippen LogP contribution in [0.3, 0.4) is 0 Å². The molecule has 4 aromatic rings. The van der Waals surface area contributed by atoms with Crippen LogP contribution < -0.4 is 10.2 Å². The fourth-order valence-corrected chi connectivity index (χ4v) is 4.52. The molecule has 5 rings (SSSR count). The summed E-state index contributed by atoms with van der Waals surface area (Å²) in [6.07, 6.45) is 5.34. The van der Waals surface area contributed by atoms with E-state index in [9.17, 15) is 4.39 Å². The van der Waals surface area contributed by atoms with Crippen LogP contribution in [0.25, 0.3) is 5.82 Å². The lowest BCUT2D eigenvalue weighted by atomic mass is 10.0. The first-order valence-corrected chi connectivity index (χ1v) is 10.9. The molecule has 1 aliphatic heterocycles. The van der Waals surface area contributed by atoms with Gasteiger partial charge in [0.1, 0.15) is 17.7 Å². The SMILES string of the molecule is Cc1cc(N2C(=S)NC(c3ccccn3)C2c2cccn2-c2ccc(Cl)cn2)ccc1F. The van der Waals surface area contributed by atoms with Gasteiger partial charge in [-0.2, -0.15) is 0 Å². The number of benzene rings is 1. The minimum atomic E-state index is -0.251. The summed E-state index contributed by atoms with van der Waals surface area (Å²) in [5.41, 5.74) is 3.18. The topological polar surface area (TPSA) is 46.0 Å². The number of pyridine rings is 2. The highest BCUT2D eigenvalue weighted by molar-refractivity contribution is 7.80. The Kier molecular flexibility index (Phi) is 5.36. The molecule has 1 aliphatic rings. The first kappa shape index (κ1) is 20.6. The van der Waals surface area contributed by atoms with Gasteiger partial charge in [-0.05, 0) is 79.3 Å². The predicted molar refractivity (Wildman–Crippen MR) is 128 cm³/mol. The first-order valence-electron chi connectivity index (χ1n) is 10.1. The van der Waals surface area contributed by atoms with Crippen molar-refractivity contribution in [1.82, 2.24) is 19.9 Å². The maximum absolute atomic E-state index is 14.0. The molecule has 1 aromatic carbocycles. The zero-order chi connectivity index (χ0) is 22.2. The number of nitrogens with zero attached hydrogens (tertiary/aromatic N) is 4. The summed E-state index contributed by atoms with van der Waals surface area (Å²) in [6.45, 7) is 1.75. The van der Waals surface area contributed by atoms with Crippen LogP contribution in [0.2, 0.25) is 5.02 Å². The lowest BCUT2D eigenvalue weighted by Crippen LogP contribution is -2.30. The van der Waals surface area contributed by atoms with Crippen molar-refractivity contribution in [3.05, 3.63) is 107 Å². The number of aryl methyl sites for hydroxylation is 1. The molecule has 0 amide bonds. The number of nitrogens with one attached hydrogen (secondary N) is 1. The van der Waals surface area contributed by atoms with Crippen LogP contribution in [-0.2, 0) is 0 Å². The standard InChI is InChI=1S/C24H19ClFN5S/c1-15-13-17(8-9-18(15)26)31-23(22(29-24(31)32)19-5-2-3-11-27-19)20-6-4-12-30(20)21-10-7-16(25)14-28-21/h2-14,22-23H,1H3,(H,29,32). The van der Waals surface area contributed by atoms with Crippen molar-refractivity contribution in [2.45, 2.75) is 19.0 Å². The zero-order valence-corrected chi connectivity index (χ0v) is 18.7. The van der Waals surface area contributed by atoms with Gasteiger partial charge in [-0.25, -0.2) is 9.37 Å². The number of hydrogen-bond acceptors (Lipinski definition) is 3. The Bertz CT molecular complexity index is 1280. The second-order valence-corrected chi connectivity index (χ2v) is 8.39. The van der Waals surface area contributed by atoms with E-state index in [-0.39, 0.29) is 17.9 Å². The molecule has 1 fully saturated rings. The van der Waals surface area contributed by atoms with Crippen molar-refractivity contribution in [2.24, 2.45) is 0 Å². The Labute approximate surface area is 195 Å². The number of aromatic nitrogens is 3. The summed E-state index contributed by atoms with van der Waals surface area (Å²) < 4.78 is 16.0. The van der Waals surface area contributed by atoms with Crippen LogP contribution in [-0.4, -0.2) is 19.6 Å². The lowest BCUT2D eigenvalue weighted by molar-refractivity contribution is 0.548. The van der Waals surface area contributed by atoms with E-state index in [1.807, 2.05) is 64.2 Å². The van der Waals surface area contributed by atoms with E-state index in [1.165, 1.54) is 6.07 Å². The normalized spacial score (nSPS) is 18.1. The fourth-order valence-electron chi connectivity index (χ4n) is 4.07. The van der Waals surface area contributed by atoms with Gasteiger partial charge >= 0.3 is 0 Å². The van der Waals surface area contributed by atoms with Gasteiger partial charge in [0.15, 0.2) is 5.11 Å². The number of rotatable bonds is 4. The number of hydrogen-bond donors (Lipinski definition) is 1. The van der Waals surface area contributed by atoms with Crippen LogP contribution in [0.15, 0.2) is 79.3 Å². The molecule has 5 nitrogen and oxygen atoms in total. The molecule has 1 saturated heterocycles. The molecule has 8 heteroatoms. The molecule has 4 heterocycles. The molecule has 0 spiro atoms. The van der Waals surface area contributed by atoms with Gasteiger partial charge < -0.3 is 14.8 Å². The first-order chi connectivity index (χ1) is 15.5. The van der Waals surface area contributed by atoms with E-state index in [1.54, 1.807) is 25.4 Å². The van der Waals surface area contributed by atoms with Crippen LogP contribution in [0, 0.1) is 12.7 Å². The molecule has 3 aromatic heterocycles. The quantitative estimate of drug-likeness (QED) is 0.402. The molecule has 0 aliphatic carbocycles. The van der Waals surface area contributed by atoms with Crippen LogP contribution >= 0.6 is 23.8 Å². The van der Waals surface area contributed by atoms with Gasteiger partial charge in [-0.3, -0.25) is 4.98 Å². The predicted octanol–water partition coefficient (Wildman–Crippen LogP) is 5.55.